The number of hydrogen-bond acceptors (Lipinski definition) is 5. The Morgan fingerprint density at radius 2 is 1.77 bits per heavy atom. The predicted molar refractivity (Wildman–Crippen MR) is 92.3 cm³/mol. The molecule has 0 aliphatic heterocycles. The lowest BCUT2D eigenvalue weighted by Crippen LogP contribution is -2.55. The van der Waals surface area contributed by atoms with Crippen LogP contribution in [0.3, 0.4) is 0 Å². The lowest BCUT2D eigenvalue weighted by atomic mass is 10.0. The lowest BCUT2D eigenvalue weighted by molar-refractivity contribution is -0.143. The number of rotatable bonds is 8. The average molecular weight is 376 g/mol. The Bertz CT molecular complexity index is 519. The molecule has 0 aromatic rings. The van der Waals surface area contributed by atoms with E-state index in [1.165, 1.54) is 0 Å². The Labute approximate surface area is 152 Å². The van der Waals surface area contributed by atoms with Crippen molar-refractivity contribution in [1.82, 2.24) is 15.8 Å². The molecule has 0 heterocycles. The van der Waals surface area contributed by atoms with Crippen LogP contribution in [-0.4, -0.2) is 53.7 Å². The van der Waals surface area contributed by atoms with Gasteiger partial charge in [-0.05, 0) is 33.1 Å². The van der Waals surface area contributed by atoms with Crippen molar-refractivity contribution in [2.75, 3.05) is 13.2 Å². The molecule has 0 aliphatic rings. The van der Waals surface area contributed by atoms with Crippen molar-refractivity contribution in [2.24, 2.45) is 11.7 Å². The van der Waals surface area contributed by atoms with E-state index in [4.69, 9.17) is 10.5 Å². The third kappa shape index (κ3) is 10.5. The summed E-state index contributed by atoms with van der Waals surface area (Å²) in [7, 11) is 0. The van der Waals surface area contributed by atoms with E-state index < -0.39 is 42.1 Å². The number of halogens is 1. The van der Waals surface area contributed by atoms with E-state index in [0.717, 1.165) is 0 Å². The van der Waals surface area contributed by atoms with Crippen molar-refractivity contribution >= 4 is 23.8 Å². The SMILES string of the molecule is CC(C)C[C@H](NC(=O)OC(C)(C)C)C(=O)NN(CCC(N)=O)C(=O)CF. The topological polar surface area (TPSA) is 131 Å². The number of nitrogens with two attached hydrogens (primary N) is 1. The normalized spacial score (nSPS) is 12.3. The Hall–Kier alpha value is -2.39. The third-order valence-electron chi connectivity index (χ3n) is 2.96. The summed E-state index contributed by atoms with van der Waals surface area (Å²) >= 11 is 0. The number of primary amides is 1. The van der Waals surface area contributed by atoms with E-state index in [1.54, 1.807) is 20.8 Å². The highest BCUT2D eigenvalue weighted by atomic mass is 19.1. The molecule has 4 N–H and O–H groups in total. The van der Waals surface area contributed by atoms with E-state index in [-0.39, 0.29) is 25.3 Å². The van der Waals surface area contributed by atoms with Crippen molar-refractivity contribution in [1.29, 1.82) is 0 Å². The zero-order chi connectivity index (χ0) is 20.5. The highest BCUT2D eigenvalue weighted by molar-refractivity contribution is 5.88. The first-order chi connectivity index (χ1) is 11.9. The van der Waals surface area contributed by atoms with Gasteiger partial charge in [-0.25, -0.2) is 9.18 Å². The molecule has 0 saturated heterocycles. The predicted octanol–water partition coefficient (Wildman–Crippen LogP) is 0.631. The maximum Gasteiger partial charge on any atom is 0.408 e. The summed E-state index contributed by atoms with van der Waals surface area (Å²) in [5.41, 5.74) is 6.48. The van der Waals surface area contributed by atoms with Gasteiger partial charge in [-0.1, -0.05) is 13.8 Å². The first-order valence-electron chi connectivity index (χ1n) is 8.30. The minimum atomic E-state index is -1.35. The smallest absolute Gasteiger partial charge is 0.408 e. The molecular weight excluding hydrogens is 347 g/mol. The molecule has 0 aromatic carbocycles. The molecular formula is C16H29FN4O5. The van der Waals surface area contributed by atoms with Gasteiger partial charge in [-0.2, -0.15) is 0 Å². The van der Waals surface area contributed by atoms with Crippen LogP contribution in [-0.2, 0) is 19.1 Å². The molecule has 150 valence electrons. The highest BCUT2D eigenvalue weighted by Gasteiger charge is 2.27. The molecule has 0 bridgehead atoms. The number of ether oxygens (including phenoxy) is 1. The molecule has 0 radical (unpaired) electrons. The average Bonchev–Trinajstić information content (AvgIpc) is 2.47. The van der Waals surface area contributed by atoms with Crippen molar-refractivity contribution in [2.45, 2.75) is 59.1 Å². The molecule has 0 unspecified atom stereocenters. The van der Waals surface area contributed by atoms with Gasteiger partial charge in [0.25, 0.3) is 11.8 Å². The fourth-order valence-corrected chi connectivity index (χ4v) is 1.90. The molecule has 0 spiro atoms. The summed E-state index contributed by atoms with van der Waals surface area (Å²) < 4.78 is 17.8. The molecule has 26 heavy (non-hydrogen) atoms. The molecule has 1 atom stereocenters. The van der Waals surface area contributed by atoms with E-state index in [9.17, 15) is 23.6 Å². The van der Waals surface area contributed by atoms with Crippen molar-refractivity contribution < 1.29 is 28.3 Å². The van der Waals surface area contributed by atoms with Gasteiger partial charge in [0.2, 0.25) is 5.91 Å². The summed E-state index contributed by atoms with van der Waals surface area (Å²) in [6.45, 7) is 7.09. The number of carbonyl (C=O) groups is 4. The summed E-state index contributed by atoms with van der Waals surface area (Å²) in [6, 6.07) is -1.01. The van der Waals surface area contributed by atoms with Gasteiger partial charge in [0.05, 0.1) is 6.54 Å². The van der Waals surface area contributed by atoms with Gasteiger partial charge in [-0.15, -0.1) is 0 Å². The Morgan fingerprint density at radius 1 is 1.19 bits per heavy atom. The van der Waals surface area contributed by atoms with Crippen LogP contribution in [0.1, 0.15) is 47.5 Å². The molecule has 0 rings (SSSR count). The van der Waals surface area contributed by atoms with Crippen LogP contribution in [0.4, 0.5) is 9.18 Å². The first kappa shape index (κ1) is 23.6. The molecule has 0 aliphatic carbocycles. The van der Waals surface area contributed by atoms with Gasteiger partial charge in [-0.3, -0.25) is 24.8 Å². The van der Waals surface area contributed by atoms with Gasteiger partial charge in [0.1, 0.15) is 11.6 Å². The molecule has 9 nitrogen and oxygen atoms in total. The molecule has 0 fully saturated rings. The summed E-state index contributed by atoms with van der Waals surface area (Å²) in [4.78, 5) is 46.8. The number of hydrazine groups is 1. The highest BCUT2D eigenvalue weighted by Crippen LogP contribution is 2.10. The van der Waals surface area contributed by atoms with Gasteiger partial charge in [0, 0.05) is 6.42 Å². The number of alkyl halides is 1. The van der Waals surface area contributed by atoms with Crippen LogP contribution < -0.4 is 16.5 Å². The summed E-state index contributed by atoms with van der Waals surface area (Å²) in [5, 5.41) is 3.11. The lowest BCUT2D eigenvalue weighted by Gasteiger charge is -2.27. The summed E-state index contributed by atoms with van der Waals surface area (Å²) in [6.07, 6.45) is -0.780. The van der Waals surface area contributed by atoms with E-state index in [0.29, 0.717) is 5.01 Å². The Kier molecular flexibility index (Phi) is 9.60. The van der Waals surface area contributed by atoms with Gasteiger partial charge < -0.3 is 15.8 Å². The summed E-state index contributed by atoms with van der Waals surface area (Å²) in [5.74, 6) is -2.42. The van der Waals surface area contributed by atoms with E-state index in [1.807, 2.05) is 13.8 Å². The Balaban J connectivity index is 5.09. The maximum atomic E-state index is 12.7. The number of nitrogens with one attached hydrogen (secondary N) is 2. The number of hydrogen-bond donors (Lipinski definition) is 3. The van der Waals surface area contributed by atoms with E-state index >= 15 is 0 Å². The molecule has 0 aromatic heterocycles. The molecule has 4 amide bonds. The number of amides is 4. The zero-order valence-electron chi connectivity index (χ0n) is 15.9. The second-order valence-corrected chi connectivity index (χ2v) is 7.20. The van der Waals surface area contributed by atoms with Crippen molar-refractivity contribution in [3.63, 3.8) is 0 Å². The second-order valence-electron chi connectivity index (χ2n) is 7.20. The standard InChI is InChI=1S/C16H29FN4O5/c1-10(2)8-11(19-15(25)26-16(3,4)5)14(24)20-21(13(23)9-17)7-6-12(18)22/h10-11H,6-9H2,1-5H3,(H2,18,22)(H,19,25)(H,20,24)/t11-/m0/s1. The number of alkyl carbamates (subject to hydrolysis) is 1. The van der Waals surface area contributed by atoms with Crippen LogP contribution in [0.25, 0.3) is 0 Å². The minimum Gasteiger partial charge on any atom is -0.444 e. The fourth-order valence-electron chi connectivity index (χ4n) is 1.90. The monoisotopic (exact) mass is 376 g/mol. The molecule has 0 saturated carbocycles. The number of carbonyl (C=O) groups excluding carboxylic acids is 4. The largest absolute Gasteiger partial charge is 0.444 e. The third-order valence-corrected chi connectivity index (χ3v) is 2.96. The second kappa shape index (κ2) is 10.6. The van der Waals surface area contributed by atoms with Crippen LogP contribution in [0.2, 0.25) is 0 Å². The molecule has 10 heteroatoms. The van der Waals surface area contributed by atoms with Crippen LogP contribution in [0.15, 0.2) is 0 Å². The fraction of sp³-hybridized carbons (Fsp3) is 0.750. The van der Waals surface area contributed by atoms with Crippen LogP contribution >= 0.6 is 0 Å². The van der Waals surface area contributed by atoms with Gasteiger partial charge >= 0.3 is 6.09 Å². The Morgan fingerprint density at radius 3 is 2.19 bits per heavy atom. The number of nitrogens with zero attached hydrogens (tertiary/aromatic N) is 1. The van der Waals surface area contributed by atoms with Crippen molar-refractivity contribution in [3.05, 3.63) is 0 Å². The maximum absolute atomic E-state index is 12.7. The van der Waals surface area contributed by atoms with E-state index in [2.05, 4.69) is 10.7 Å². The van der Waals surface area contributed by atoms with Crippen LogP contribution in [0.5, 0.6) is 0 Å². The quantitative estimate of drug-likeness (QED) is 0.535. The van der Waals surface area contributed by atoms with Crippen LogP contribution in [0, 0.1) is 5.92 Å². The first-order valence-corrected chi connectivity index (χ1v) is 8.30. The minimum absolute atomic E-state index is 0.0385. The van der Waals surface area contributed by atoms with Gasteiger partial charge in [0.15, 0.2) is 6.67 Å². The zero-order valence-corrected chi connectivity index (χ0v) is 15.9. The van der Waals surface area contributed by atoms with Crippen molar-refractivity contribution in [3.8, 4) is 0 Å².